The van der Waals surface area contributed by atoms with Gasteiger partial charge in [0.15, 0.2) is 0 Å². The number of phenolic OH excluding ortho intramolecular Hbond substituents is 2. The summed E-state index contributed by atoms with van der Waals surface area (Å²) in [6.07, 6.45) is 0. The molecule has 2 rings (SSSR count). The molecule has 2 aromatic carbocycles. The van der Waals surface area contributed by atoms with Gasteiger partial charge in [0.2, 0.25) is 0 Å². The summed E-state index contributed by atoms with van der Waals surface area (Å²) in [5, 5.41) is 20.4. The Balaban J connectivity index is 2.74. The maximum atomic E-state index is 10.2. The minimum atomic E-state index is 0.0179. The second kappa shape index (κ2) is 5.84. The third-order valence-corrected chi connectivity index (χ3v) is 3.12. The van der Waals surface area contributed by atoms with E-state index in [1.807, 2.05) is 19.1 Å². The number of phenols is 2. The van der Waals surface area contributed by atoms with E-state index in [-0.39, 0.29) is 11.5 Å². The Bertz CT molecular complexity index is 597. The summed E-state index contributed by atoms with van der Waals surface area (Å²) in [7, 11) is 3.15. The van der Waals surface area contributed by atoms with E-state index >= 15 is 0 Å². The quantitative estimate of drug-likeness (QED) is 0.898. The molecule has 0 aliphatic rings. The molecule has 0 heterocycles. The number of ether oxygens (including phenoxy) is 2. The Hall–Kier alpha value is -2.20. The van der Waals surface area contributed by atoms with Crippen molar-refractivity contribution < 1.29 is 19.7 Å². The van der Waals surface area contributed by atoms with Crippen LogP contribution in [0.4, 0.5) is 0 Å². The molecule has 0 amide bonds. The molecule has 0 saturated heterocycles. The molecule has 0 aromatic heterocycles. The first-order valence-corrected chi connectivity index (χ1v) is 6.26. The Morgan fingerprint density at radius 3 is 2.20 bits per heavy atom. The summed E-state index contributed by atoms with van der Waals surface area (Å²) < 4.78 is 10.5. The number of methoxy groups -OCH3 is 2. The number of hydrogen-bond donors (Lipinski definition) is 2. The van der Waals surface area contributed by atoms with Gasteiger partial charge in [-0.1, -0.05) is 12.1 Å². The van der Waals surface area contributed by atoms with Crippen LogP contribution in [0.2, 0.25) is 0 Å². The highest BCUT2D eigenvalue weighted by Gasteiger charge is 2.19. The second-order valence-corrected chi connectivity index (χ2v) is 4.61. The third-order valence-electron chi connectivity index (χ3n) is 3.12. The van der Waals surface area contributed by atoms with Crippen molar-refractivity contribution in [1.29, 1.82) is 0 Å². The molecule has 0 atom stereocenters. The Morgan fingerprint density at radius 2 is 1.65 bits per heavy atom. The first-order valence-electron chi connectivity index (χ1n) is 6.26. The van der Waals surface area contributed by atoms with Gasteiger partial charge in [-0.25, -0.2) is 0 Å². The van der Waals surface area contributed by atoms with E-state index < -0.39 is 0 Å². The van der Waals surface area contributed by atoms with Crippen LogP contribution < -0.4 is 4.74 Å². The van der Waals surface area contributed by atoms with Gasteiger partial charge >= 0.3 is 0 Å². The van der Waals surface area contributed by atoms with Gasteiger partial charge in [0.1, 0.15) is 17.2 Å². The largest absolute Gasteiger partial charge is 0.507 e. The molecule has 0 radical (unpaired) electrons. The molecule has 0 spiro atoms. The van der Waals surface area contributed by atoms with Gasteiger partial charge < -0.3 is 19.7 Å². The molecule has 0 fully saturated rings. The average molecular weight is 274 g/mol. The Morgan fingerprint density at radius 1 is 1.00 bits per heavy atom. The molecule has 4 nitrogen and oxygen atoms in total. The molecule has 106 valence electrons. The smallest absolute Gasteiger partial charge is 0.127 e. The van der Waals surface area contributed by atoms with Crippen LogP contribution >= 0.6 is 0 Å². The van der Waals surface area contributed by atoms with Gasteiger partial charge in [0.05, 0.1) is 19.3 Å². The summed E-state index contributed by atoms with van der Waals surface area (Å²) >= 11 is 0. The van der Waals surface area contributed by atoms with Crippen LogP contribution in [0, 0.1) is 6.92 Å². The zero-order valence-electron chi connectivity index (χ0n) is 11.8. The van der Waals surface area contributed by atoms with Crippen molar-refractivity contribution in [3.8, 4) is 28.4 Å². The van der Waals surface area contributed by atoms with Crippen LogP contribution in [0.5, 0.6) is 17.2 Å². The Kier molecular flexibility index (Phi) is 4.15. The van der Waals surface area contributed by atoms with Crippen LogP contribution in [0.15, 0.2) is 30.3 Å². The fourth-order valence-corrected chi connectivity index (χ4v) is 2.31. The van der Waals surface area contributed by atoms with Gasteiger partial charge in [-0.3, -0.25) is 0 Å². The first-order chi connectivity index (χ1) is 9.58. The minimum Gasteiger partial charge on any atom is -0.507 e. The van der Waals surface area contributed by atoms with Crippen LogP contribution in [-0.4, -0.2) is 24.4 Å². The van der Waals surface area contributed by atoms with E-state index in [0.717, 1.165) is 11.1 Å². The van der Waals surface area contributed by atoms with E-state index in [2.05, 4.69) is 0 Å². The highest BCUT2D eigenvalue weighted by Crippen LogP contribution is 2.44. The summed E-state index contributed by atoms with van der Waals surface area (Å²) in [4.78, 5) is 0. The normalized spacial score (nSPS) is 10.6. The molecular weight excluding hydrogens is 256 g/mol. The summed E-state index contributed by atoms with van der Waals surface area (Å²) in [5.74, 6) is 0.614. The van der Waals surface area contributed by atoms with E-state index in [1.165, 1.54) is 0 Å². The highest BCUT2D eigenvalue weighted by molar-refractivity contribution is 5.83. The van der Waals surface area contributed by atoms with Gasteiger partial charge in [-0.2, -0.15) is 0 Å². The predicted octanol–water partition coefficient (Wildman–Crippen LogP) is 3.23. The van der Waals surface area contributed by atoms with E-state index in [0.29, 0.717) is 23.5 Å². The summed E-state index contributed by atoms with van der Waals surface area (Å²) in [6.45, 7) is 2.17. The fourth-order valence-electron chi connectivity index (χ4n) is 2.31. The zero-order chi connectivity index (χ0) is 14.7. The van der Waals surface area contributed by atoms with Crippen molar-refractivity contribution >= 4 is 0 Å². The lowest BCUT2D eigenvalue weighted by molar-refractivity contribution is 0.185. The number of benzene rings is 2. The van der Waals surface area contributed by atoms with Crippen molar-refractivity contribution in [3.05, 3.63) is 41.5 Å². The van der Waals surface area contributed by atoms with Crippen molar-refractivity contribution in [3.63, 3.8) is 0 Å². The molecular formula is C16H18O4. The lowest BCUT2D eigenvalue weighted by Gasteiger charge is -2.16. The van der Waals surface area contributed by atoms with Crippen molar-refractivity contribution in [1.82, 2.24) is 0 Å². The summed E-state index contributed by atoms with van der Waals surface area (Å²) in [6, 6.07) is 8.72. The fraction of sp³-hybridized carbons (Fsp3) is 0.250. The molecule has 0 aliphatic carbocycles. The van der Waals surface area contributed by atoms with Crippen molar-refractivity contribution in [2.75, 3.05) is 14.2 Å². The number of aryl methyl sites for hydroxylation is 1. The lowest BCUT2D eigenvalue weighted by Crippen LogP contribution is -1.97. The molecule has 2 aromatic rings. The van der Waals surface area contributed by atoms with Gasteiger partial charge in [0.25, 0.3) is 0 Å². The molecule has 4 heteroatoms. The van der Waals surface area contributed by atoms with Crippen LogP contribution in [0.3, 0.4) is 0 Å². The lowest BCUT2D eigenvalue weighted by atomic mass is 9.96. The standard InChI is InChI=1S/C16H18O4/c1-10-7-12(17)16(13(18)8-10)15-11(9-19-2)5-4-6-14(15)20-3/h4-8,17-18H,9H2,1-3H3. The molecule has 2 N–H and O–H groups in total. The predicted molar refractivity (Wildman–Crippen MR) is 77.2 cm³/mol. The molecule has 0 saturated carbocycles. The topological polar surface area (TPSA) is 58.9 Å². The van der Waals surface area contributed by atoms with Crippen molar-refractivity contribution in [2.45, 2.75) is 13.5 Å². The Labute approximate surface area is 118 Å². The van der Waals surface area contributed by atoms with E-state index in [4.69, 9.17) is 9.47 Å². The number of rotatable bonds is 4. The van der Waals surface area contributed by atoms with E-state index in [1.54, 1.807) is 32.4 Å². The zero-order valence-corrected chi connectivity index (χ0v) is 11.8. The van der Waals surface area contributed by atoms with Crippen LogP contribution in [0.25, 0.3) is 11.1 Å². The van der Waals surface area contributed by atoms with Crippen LogP contribution in [0.1, 0.15) is 11.1 Å². The molecule has 0 aliphatic heterocycles. The average Bonchev–Trinajstić information content (AvgIpc) is 2.39. The van der Waals surface area contributed by atoms with Gasteiger partial charge in [-0.05, 0) is 36.2 Å². The molecule has 0 bridgehead atoms. The maximum Gasteiger partial charge on any atom is 0.127 e. The first kappa shape index (κ1) is 14.2. The number of aromatic hydroxyl groups is 2. The molecule has 0 unspecified atom stereocenters. The third kappa shape index (κ3) is 2.56. The second-order valence-electron chi connectivity index (χ2n) is 4.61. The van der Waals surface area contributed by atoms with Crippen molar-refractivity contribution in [2.24, 2.45) is 0 Å². The minimum absolute atomic E-state index is 0.0179. The van der Waals surface area contributed by atoms with Gasteiger partial charge in [0, 0.05) is 12.7 Å². The number of hydrogen-bond acceptors (Lipinski definition) is 4. The highest BCUT2D eigenvalue weighted by atomic mass is 16.5. The SMILES string of the molecule is COCc1cccc(OC)c1-c1c(O)cc(C)cc1O. The van der Waals surface area contributed by atoms with E-state index in [9.17, 15) is 10.2 Å². The van der Waals surface area contributed by atoms with Gasteiger partial charge in [-0.15, -0.1) is 0 Å². The van der Waals surface area contributed by atoms with Crippen LogP contribution in [-0.2, 0) is 11.3 Å². The molecule has 20 heavy (non-hydrogen) atoms. The summed E-state index contributed by atoms with van der Waals surface area (Å²) in [5.41, 5.74) is 2.63. The maximum absolute atomic E-state index is 10.2. The monoisotopic (exact) mass is 274 g/mol.